The van der Waals surface area contributed by atoms with E-state index in [1.807, 2.05) is 31.3 Å². The molecule has 1 heterocycles. The molecule has 0 aliphatic carbocycles. The maximum atomic E-state index is 13.8. The minimum Gasteiger partial charge on any atom is -0.489 e. The van der Waals surface area contributed by atoms with Crippen molar-refractivity contribution in [2.24, 2.45) is 0 Å². The van der Waals surface area contributed by atoms with Crippen LogP contribution in [0.5, 0.6) is 5.75 Å². The van der Waals surface area contributed by atoms with Gasteiger partial charge in [-0.1, -0.05) is 78.9 Å². The number of nitrogens with one attached hydrogen (secondary N) is 1. The van der Waals surface area contributed by atoms with Crippen LogP contribution in [-0.4, -0.2) is 17.8 Å². The van der Waals surface area contributed by atoms with Crippen molar-refractivity contribution in [3.63, 3.8) is 0 Å². The summed E-state index contributed by atoms with van der Waals surface area (Å²) in [5.41, 5.74) is 2.63. The number of halogens is 3. The maximum Gasteiger partial charge on any atom is 0.418 e. The molecule has 0 aliphatic heterocycles. The molecule has 0 spiro atoms. The molecule has 1 N–H and O–H groups in total. The van der Waals surface area contributed by atoms with Crippen LogP contribution < -0.4 is 10.1 Å². The molecule has 0 bridgehead atoms. The highest BCUT2D eigenvalue weighted by molar-refractivity contribution is 6.16. The fourth-order valence-electron chi connectivity index (χ4n) is 4.55. The second-order valence-electron chi connectivity index (χ2n) is 9.10. The van der Waals surface area contributed by atoms with Gasteiger partial charge in [0.05, 0.1) is 11.1 Å². The molecule has 0 unspecified atom stereocenters. The summed E-state index contributed by atoms with van der Waals surface area (Å²) in [5, 5.41) is 3.35. The first kappa shape index (κ1) is 26.1. The van der Waals surface area contributed by atoms with Crippen molar-refractivity contribution in [1.82, 2.24) is 10.3 Å². The van der Waals surface area contributed by atoms with Gasteiger partial charge in [0, 0.05) is 34.8 Å². The van der Waals surface area contributed by atoms with Gasteiger partial charge < -0.3 is 10.1 Å². The smallest absolute Gasteiger partial charge is 0.418 e. The summed E-state index contributed by atoms with van der Waals surface area (Å²) in [7, 11) is 1.89. The third kappa shape index (κ3) is 5.68. The largest absolute Gasteiger partial charge is 0.489 e. The molecular formula is C32H25F3N2O2. The van der Waals surface area contributed by atoms with E-state index in [1.165, 1.54) is 12.3 Å². The number of rotatable bonds is 8. The van der Waals surface area contributed by atoms with E-state index in [9.17, 15) is 18.0 Å². The lowest BCUT2D eigenvalue weighted by atomic mass is 9.91. The lowest BCUT2D eigenvalue weighted by molar-refractivity contribution is -0.136. The fourth-order valence-corrected chi connectivity index (χ4v) is 4.55. The standard InChI is InChI=1S/C32H25F3N2O2/c1-36-18-21-13-15-22(16-14-21)20-39-25-10-5-9-24(17-25)29-26-11-6-12-28(32(33,34)35)30(26)37-19-27(29)31(38)23-7-3-2-4-8-23/h2-17,19,36H,18,20H2,1H3. The van der Waals surface area contributed by atoms with Crippen molar-refractivity contribution in [2.75, 3.05) is 7.05 Å². The van der Waals surface area contributed by atoms with Crippen LogP contribution in [0.15, 0.2) is 103 Å². The number of pyridine rings is 1. The Morgan fingerprint density at radius 2 is 1.59 bits per heavy atom. The van der Waals surface area contributed by atoms with Gasteiger partial charge in [0.25, 0.3) is 0 Å². The van der Waals surface area contributed by atoms with Crippen LogP contribution in [0.1, 0.15) is 32.6 Å². The first-order valence-electron chi connectivity index (χ1n) is 12.4. The van der Waals surface area contributed by atoms with E-state index in [0.717, 1.165) is 23.7 Å². The second-order valence-corrected chi connectivity index (χ2v) is 9.10. The molecule has 7 heteroatoms. The number of ether oxygens (including phenoxy) is 1. The lowest BCUT2D eigenvalue weighted by Gasteiger charge is -2.16. The van der Waals surface area contributed by atoms with Crippen LogP contribution in [0.4, 0.5) is 13.2 Å². The van der Waals surface area contributed by atoms with Gasteiger partial charge >= 0.3 is 6.18 Å². The first-order valence-corrected chi connectivity index (χ1v) is 12.4. The molecule has 0 radical (unpaired) electrons. The summed E-state index contributed by atoms with van der Waals surface area (Å²) in [6.45, 7) is 1.08. The van der Waals surface area contributed by atoms with E-state index < -0.39 is 11.7 Å². The number of alkyl halides is 3. The molecule has 0 saturated carbocycles. The third-order valence-corrected chi connectivity index (χ3v) is 6.42. The van der Waals surface area contributed by atoms with Crippen molar-refractivity contribution in [1.29, 1.82) is 0 Å². The number of hydrogen-bond acceptors (Lipinski definition) is 4. The lowest BCUT2D eigenvalue weighted by Crippen LogP contribution is -2.09. The Morgan fingerprint density at radius 1 is 0.872 bits per heavy atom. The highest BCUT2D eigenvalue weighted by Gasteiger charge is 2.34. The van der Waals surface area contributed by atoms with E-state index in [-0.39, 0.29) is 22.2 Å². The number of aromatic nitrogens is 1. The van der Waals surface area contributed by atoms with Crippen molar-refractivity contribution >= 4 is 16.7 Å². The molecule has 0 saturated heterocycles. The average molecular weight is 527 g/mol. The Kier molecular flexibility index (Phi) is 7.43. The Morgan fingerprint density at radius 3 is 2.31 bits per heavy atom. The van der Waals surface area contributed by atoms with E-state index in [2.05, 4.69) is 10.3 Å². The molecule has 196 valence electrons. The van der Waals surface area contributed by atoms with E-state index >= 15 is 0 Å². The Labute approximate surface area is 224 Å². The Bertz CT molecular complexity index is 1620. The molecule has 1 aromatic heterocycles. The van der Waals surface area contributed by atoms with Crippen LogP contribution in [0.25, 0.3) is 22.0 Å². The zero-order valence-electron chi connectivity index (χ0n) is 21.1. The maximum absolute atomic E-state index is 13.8. The average Bonchev–Trinajstić information content (AvgIpc) is 2.96. The molecule has 0 atom stereocenters. The Balaban J connectivity index is 1.58. The van der Waals surface area contributed by atoms with Gasteiger partial charge in [-0.2, -0.15) is 13.2 Å². The first-order chi connectivity index (χ1) is 18.8. The molecule has 4 nitrogen and oxygen atoms in total. The number of para-hydroxylation sites is 1. The number of nitrogens with zero attached hydrogens (tertiary/aromatic N) is 1. The van der Waals surface area contributed by atoms with Crippen LogP contribution in [-0.2, 0) is 19.3 Å². The number of carbonyl (C=O) groups is 1. The monoisotopic (exact) mass is 526 g/mol. The Hall–Kier alpha value is -4.49. The zero-order chi connectivity index (χ0) is 27.4. The van der Waals surface area contributed by atoms with Gasteiger partial charge in [-0.15, -0.1) is 0 Å². The topological polar surface area (TPSA) is 51.2 Å². The second kappa shape index (κ2) is 11.1. The van der Waals surface area contributed by atoms with E-state index in [0.29, 0.717) is 29.0 Å². The summed E-state index contributed by atoms with van der Waals surface area (Å²) in [6, 6.07) is 27.6. The van der Waals surface area contributed by atoms with Gasteiger partial charge in [0.2, 0.25) is 0 Å². The predicted molar refractivity (Wildman–Crippen MR) is 146 cm³/mol. The summed E-state index contributed by atoms with van der Waals surface area (Å²) in [6.07, 6.45) is -3.36. The van der Waals surface area contributed by atoms with Crippen LogP contribution >= 0.6 is 0 Å². The minimum absolute atomic E-state index is 0.211. The van der Waals surface area contributed by atoms with Crippen LogP contribution in [0, 0.1) is 0 Å². The summed E-state index contributed by atoms with van der Waals surface area (Å²) in [4.78, 5) is 17.7. The number of carbonyl (C=O) groups excluding carboxylic acids is 1. The normalized spacial score (nSPS) is 11.5. The zero-order valence-corrected chi connectivity index (χ0v) is 21.1. The van der Waals surface area contributed by atoms with Gasteiger partial charge in [-0.3, -0.25) is 9.78 Å². The molecule has 5 rings (SSSR count). The minimum atomic E-state index is -4.59. The molecule has 5 aromatic rings. The molecule has 0 aliphatic rings. The van der Waals surface area contributed by atoms with Crippen molar-refractivity contribution in [3.8, 4) is 16.9 Å². The number of ketones is 1. The predicted octanol–water partition coefficient (Wildman–Crippen LogP) is 7.45. The SMILES string of the molecule is CNCc1ccc(COc2cccc(-c3c(C(=O)c4ccccc4)cnc4c(C(F)(F)F)cccc34)c2)cc1. The van der Waals surface area contributed by atoms with E-state index in [1.54, 1.807) is 60.7 Å². The molecule has 4 aromatic carbocycles. The van der Waals surface area contributed by atoms with E-state index in [4.69, 9.17) is 4.74 Å². The molecular weight excluding hydrogens is 501 g/mol. The number of hydrogen-bond donors (Lipinski definition) is 1. The highest BCUT2D eigenvalue weighted by atomic mass is 19.4. The molecule has 39 heavy (non-hydrogen) atoms. The number of fused-ring (bicyclic) bond motifs is 1. The summed E-state index contributed by atoms with van der Waals surface area (Å²) in [5.74, 6) is 0.201. The fraction of sp³-hybridized carbons (Fsp3) is 0.125. The highest BCUT2D eigenvalue weighted by Crippen LogP contribution is 2.39. The summed E-state index contributed by atoms with van der Waals surface area (Å²) >= 11 is 0. The molecule has 0 fully saturated rings. The van der Waals surface area contributed by atoms with Crippen molar-refractivity contribution in [2.45, 2.75) is 19.3 Å². The molecule has 0 amide bonds. The summed E-state index contributed by atoms with van der Waals surface area (Å²) < 4.78 is 47.6. The van der Waals surface area contributed by atoms with Gasteiger partial charge in [-0.25, -0.2) is 0 Å². The van der Waals surface area contributed by atoms with Gasteiger partial charge in [0.15, 0.2) is 5.78 Å². The van der Waals surface area contributed by atoms with Crippen LogP contribution in [0.2, 0.25) is 0 Å². The quantitative estimate of drug-likeness (QED) is 0.213. The van der Waals surface area contributed by atoms with Crippen LogP contribution in [0.3, 0.4) is 0 Å². The van der Waals surface area contributed by atoms with Gasteiger partial charge in [-0.05, 0) is 41.9 Å². The number of benzene rings is 4. The van der Waals surface area contributed by atoms with Crippen molar-refractivity contribution in [3.05, 3.63) is 131 Å². The third-order valence-electron chi connectivity index (χ3n) is 6.42. The van der Waals surface area contributed by atoms with Gasteiger partial charge in [0.1, 0.15) is 12.4 Å². The van der Waals surface area contributed by atoms with Crippen molar-refractivity contribution < 1.29 is 22.7 Å².